The Labute approximate surface area is 188 Å². The first-order chi connectivity index (χ1) is 15.4. The quantitative estimate of drug-likeness (QED) is 0.629. The lowest BCUT2D eigenvalue weighted by molar-refractivity contribution is -0.204. The maximum absolute atomic E-state index is 12.9. The zero-order valence-corrected chi connectivity index (χ0v) is 18.6. The molecule has 2 aliphatic heterocycles. The molecule has 168 valence electrons. The van der Waals surface area contributed by atoms with E-state index in [1.807, 2.05) is 48.5 Å². The molecule has 0 N–H and O–H groups in total. The molecule has 2 heterocycles. The zero-order chi connectivity index (χ0) is 22.6. The molecule has 0 bridgehead atoms. The first kappa shape index (κ1) is 21.9. The highest BCUT2D eigenvalue weighted by atomic mass is 16.7. The van der Waals surface area contributed by atoms with Gasteiger partial charge in [0.1, 0.15) is 6.61 Å². The summed E-state index contributed by atoms with van der Waals surface area (Å²) in [5.41, 5.74) is 2.15. The van der Waals surface area contributed by atoms with E-state index in [-0.39, 0.29) is 18.7 Å². The van der Waals surface area contributed by atoms with Crippen molar-refractivity contribution in [2.75, 3.05) is 13.1 Å². The number of rotatable bonds is 5. The number of ether oxygens (including phenoxy) is 3. The van der Waals surface area contributed by atoms with Gasteiger partial charge in [-0.15, -0.1) is 0 Å². The largest absolute Gasteiger partial charge is 0.460 e. The predicted octanol–water partition coefficient (Wildman–Crippen LogP) is 4.84. The fourth-order valence-corrected chi connectivity index (χ4v) is 4.35. The van der Waals surface area contributed by atoms with Crippen molar-refractivity contribution < 1.29 is 23.8 Å². The average Bonchev–Trinajstić information content (AvgIpc) is 2.78. The van der Waals surface area contributed by atoms with Crippen molar-refractivity contribution >= 4 is 12.1 Å². The van der Waals surface area contributed by atoms with Crippen LogP contribution >= 0.6 is 0 Å². The van der Waals surface area contributed by atoms with Crippen molar-refractivity contribution in [3.63, 3.8) is 0 Å². The molecule has 2 aromatic carbocycles. The molecule has 0 atom stereocenters. The Balaban J connectivity index is 1.48. The van der Waals surface area contributed by atoms with Gasteiger partial charge in [0.05, 0.1) is 11.8 Å². The van der Waals surface area contributed by atoms with E-state index in [0.717, 1.165) is 11.1 Å². The van der Waals surface area contributed by atoms with E-state index >= 15 is 0 Å². The van der Waals surface area contributed by atoms with Crippen LogP contribution in [0.4, 0.5) is 4.79 Å². The van der Waals surface area contributed by atoms with Gasteiger partial charge in [0, 0.05) is 32.4 Å². The summed E-state index contributed by atoms with van der Waals surface area (Å²) in [6.45, 7) is 4.66. The predicted molar refractivity (Wildman–Crippen MR) is 119 cm³/mol. The molecule has 2 aliphatic rings. The Kier molecular flexibility index (Phi) is 6.21. The lowest BCUT2D eigenvalue weighted by Crippen LogP contribution is -2.48. The Morgan fingerprint density at radius 2 is 1.56 bits per heavy atom. The first-order valence-corrected chi connectivity index (χ1v) is 11.0. The standard InChI is InChI=1S/C26H29NO5/c1-25(2)31-19-22(23(28)32-25)26(17-20-9-5-3-6-10-20)13-15-27(16-14-26)24(29)30-18-21-11-7-4-8-12-21/h3-12,19H,13-18H2,1-2H3. The minimum Gasteiger partial charge on any atom is -0.460 e. The van der Waals surface area contributed by atoms with Gasteiger partial charge in [-0.05, 0) is 30.4 Å². The maximum Gasteiger partial charge on any atom is 0.410 e. The number of carbonyl (C=O) groups excluding carboxylic acids is 2. The molecular weight excluding hydrogens is 406 g/mol. The summed E-state index contributed by atoms with van der Waals surface area (Å²) in [5, 5.41) is 0. The van der Waals surface area contributed by atoms with Crippen molar-refractivity contribution in [2.24, 2.45) is 5.41 Å². The van der Waals surface area contributed by atoms with Crippen molar-refractivity contribution in [3.05, 3.63) is 83.6 Å². The molecule has 4 rings (SSSR count). The molecular formula is C26H29NO5. The monoisotopic (exact) mass is 435 g/mol. The number of hydrogen-bond donors (Lipinski definition) is 0. The van der Waals surface area contributed by atoms with Crippen LogP contribution < -0.4 is 0 Å². The summed E-state index contributed by atoms with van der Waals surface area (Å²) in [4.78, 5) is 27.3. The number of esters is 1. The first-order valence-electron chi connectivity index (χ1n) is 11.0. The Morgan fingerprint density at radius 3 is 2.16 bits per heavy atom. The number of likely N-dealkylation sites (tertiary alicyclic amines) is 1. The lowest BCUT2D eigenvalue weighted by atomic mass is 9.68. The summed E-state index contributed by atoms with van der Waals surface area (Å²) in [5.74, 6) is -1.33. The summed E-state index contributed by atoms with van der Waals surface area (Å²) in [6, 6.07) is 19.7. The minimum absolute atomic E-state index is 0.242. The minimum atomic E-state index is -0.976. The van der Waals surface area contributed by atoms with Gasteiger partial charge in [0.15, 0.2) is 0 Å². The molecule has 0 aromatic heterocycles. The highest BCUT2D eigenvalue weighted by molar-refractivity contribution is 5.90. The summed E-state index contributed by atoms with van der Waals surface area (Å²) in [6.07, 6.45) is 3.14. The number of amides is 1. The molecule has 1 fully saturated rings. The van der Waals surface area contributed by atoms with Crippen LogP contribution in [0, 0.1) is 5.41 Å². The van der Waals surface area contributed by atoms with E-state index in [0.29, 0.717) is 37.9 Å². The van der Waals surface area contributed by atoms with Gasteiger partial charge in [-0.1, -0.05) is 60.7 Å². The van der Waals surface area contributed by atoms with E-state index in [1.165, 1.54) is 0 Å². The van der Waals surface area contributed by atoms with Gasteiger partial charge in [0.25, 0.3) is 0 Å². The van der Waals surface area contributed by atoms with Crippen LogP contribution in [0.2, 0.25) is 0 Å². The molecule has 1 amide bonds. The van der Waals surface area contributed by atoms with E-state index < -0.39 is 11.2 Å². The molecule has 0 saturated carbocycles. The average molecular weight is 436 g/mol. The van der Waals surface area contributed by atoms with Gasteiger partial charge >= 0.3 is 12.1 Å². The Morgan fingerprint density at radius 1 is 0.969 bits per heavy atom. The summed E-state index contributed by atoms with van der Waals surface area (Å²) >= 11 is 0. The molecule has 6 nitrogen and oxygen atoms in total. The topological polar surface area (TPSA) is 65.1 Å². The van der Waals surface area contributed by atoms with Gasteiger partial charge in [-0.25, -0.2) is 9.59 Å². The Bertz CT molecular complexity index is 976. The van der Waals surface area contributed by atoms with Crippen LogP contribution in [0.15, 0.2) is 72.5 Å². The van der Waals surface area contributed by atoms with Crippen LogP contribution in [0.25, 0.3) is 0 Å². The second-order valence-electron chi connectivity index (χ2n) is 8.91. The molecule has 0 unspecified atom stereocenters. The second-order valence-corrected chi connectivity index (χ2v) is 8.91. The number of benzene rings is 2. The molecule has 0 aliphatic carbocycles. The Hall–Kier alpha value is -3.28. The second kappa shape index (κ2) is 9.07. The van der Waals surface area contributed by atoms with Crippen molar-refractivity contribution in [1.82, 2.24) is 4.90 Å². The summed E-state index contributed by atoms with van der Waals surface area (Å²) < 4.78 is 16.7. The molecule has 0 radical (unpaired) electrons. The highest BCUT2D eigenvalue weighted by Gasteiger charge is 2.46. The zero-order valence-electron chi connectivity index (χ0n) is 18.6. The van der Waals surface area contributed by atoms with Crippen LogP contribution in [0.3, 0.4) is 0 Å². The fraction of sp³-hybridized carbons (Fsp3) is 0.385. The van der Waals surface area contributed by atoms with E-state index in [2.05, 4.69) is 12.1 Å². The number of piperidine rings is 1. The third kappa shape index (κ3) is 4.96. The van der Waals surface area contributed by atoms with Crippen LogP contribution in [-0.2, 0) is 32.0 Å². The molecule has 6 heteroatoms. The van der Waals surface area contributed by atoms with Gasteiger partial charge in [0.2, 0.25) is 5.79 Å². The van der Waals surface area contributed by atoms with Crippen LogP contribution in [0.5, 0.6) is 0 Å². The molecule has 0 spiro atoms. The SMILES string of the molecule is CC1(C)OC=C(C2(Cc3ccccc3)CCN(C(=O)OCc3ccccc3)CC2)C(=O)O1. The van der Waals surface area contributed by atoms with Gasteiger partial charge in [-0.3, -0.25) is 0 Å². The van der Waals surface area contributed by atoms with E-state index in [1.54, 1.807) is 25.0 Å². The third-order valence-electron chi connectivity index (χ3n) is 6.16. The lowest BCUT2D eigenvalue weighted by Gasteiger charge is -2.44. The third-order valence-corrected chi connectivity index (χ3v) is 6.16. The molecule has 2 aromatic rings. The maximum atomic E-state index is 12.9. The number of cyclic esters (lactones) is 1. The smallest absolute Gasteiger partial charge is 0.410 e. The van der Waals surface area contributed by atoms with Crippen molar-refractivity contribution in [1.29, 1.82) is 0 Å². The van der Waals surface area contributed by atoms with Crippen molar-refractivity contribution in [2.45, 2.75) is 45.5 Å². The van der Waals surface area contributed by atoms with Crippen LogP contribution in [-0.4, -0.2) is 35.8 Å². The normalized spacial score (nSPS) is 19.4. The van der Waals surface area contributed by atoms with Crippen LogP contribution in [0.1, 0.15) is 37.8 Å². The molecule has 1 saturated heterocycles. The van der Waals surface area contributed by atoms with E-state index in [9.17, 15) is 9.59 Å². The van der Waals surface area contributed by atoms with Crippen molar-refractivity contribution in [3.8, 4) is 0 Å². The van der Waals surface area contributed by atoms with Gasteiger partial charge < -0.3 is 19.1 Å². The fourth-order valence-electron chi connectivity index (χ4n) is 4.35. The highest BCUT2D eigenvalue weighted by Crippen LogP contribution is 2.44. The molecule has 32 heavy (non-hydrogen) atoms. The summed E-state index contributed by atoms with van der Waals surface area (Å²) in [7, 11) is 0. The number of nitrogens with zero attached hydrogens (tertiary/aromatic N) is 1. The number of carbonyl (C=O) groups is 2. The van der Waals surface area contributed by atoms with E-state index in [4.69, 9.17) is 14.2 Å². The number of hydrogen-bond acceptors (Lipinski definition) is 5. The van der Waals surface area contributed by atoms with Gasteiger partial charge in [-0.2, -0.15) is 0 Å².